The van der Waals surface area contributed by atoms with Crippen LogP contribution in [-0.2, 0) is 16.0 Å². The van der Waals surface area contributed by atoms with Gasteiger partial charge in [-0.05, 0) is 61.1 Å². The van der Waals surface area contributed by atoms with Gasteiger partial charge in [-0.25, -0.2) is 4.39 Å². The number of carbonyl (C=O) groups excluding carboxylic acids is 2. The summed E-state index contributed by atoms with van der Waals surface area (Å²) in [5.74, 6) is 0.817. The fourth-order valence-electron chi connectivity index (χ4n) is 4.45. The van der Waals surface area contributed by atoms with Crippen LogP contribution < -0.4 is 0 Å². The molecule has 1 spiro atoms. The van der Waals surface area contributed by atoms with Crippen LogP contribution in [0, 0.1) is 17.2 Å². The van der Waals surface area contributed by atoms with Gasteiger partial charge in [0.15, 0.2) is 0 Å². The van der Waals surface area contributed by atoms with Gasteiger partial charge in [0.05, 0.1) is 6.42 Å². The number of hydrogen-bond donors (Lipinski definition) is 0. The van der Waals surface area contributed by atoms with E-state index in [-0.39, 0.29) is 23.6 Å². The van der Waals surface area contributed by atoms with Crippen LogP contribution in [0.4, 0.5) is 4.39 Å². The lowest BCUT2D eigenvalue weighted by atomic mass is 9.72. The first-order valence-electron chi connectivity index (χ1n) is 9.83. The number of piperidine rings is 2. The monoisotopic (exact) mass is 358 g/mol. The minimum atomic E-state index is -0.296. The fraction of sp³-hybridized carbons (Fsp3) is 0.619. The van der Waals surface area contributed by atoms with Crippen molar-refractivity contribution in [3.8, 4) is 0 Å². The molecule has 2 saturated heterocycles. The first kappa shape index (κ1) is 17.5. The SMILES string of the molecule is O=C(Cc1cccc(F)c1)N1CCC2(CCC(=O)N(CC3CC3)C2)CC1. The molecule has 4 rings (SSSR count). The maximum Gasteiger partial charge on any atom is 0.226 e. The van der Waals surface area contributed by atoms with Crippen LogP contribution in [0.2, 0.25) is 0 Å². The third-order valence-electron chi connectivity index (χ3n) is 6.34. The number of benzene rings is 1. The molecular formula is C21H27FN2O2. The molecule has 0 unspecified atom stereocenters. The number of hydrogen-bond acceptors (Lipinski definition) is 2. The highest BCUT2D eigenvalue weighted by Crippen LogP contribution is 2.41. The molecule has 0 bridgehead atoms. The van der Waals surface area contributed by atoms with Crippen LogP contribution in [0.1, 0.15) is 44.1 Å². The number of amides is 2. The van der Waals surface area contributed by atoms with Gasteiger partial charge in [-0.3, -0.25) is 9.59 Å². The molecule has 0 aromatic heterocycles. The second-order valence-corrected chi connectivity index (χ2v) is 8.41. The van der Waals surface area contributed by atoms with E-state index in [0.29, 0.717) is 12.3 Å². The Kier molecular flexibility index (Phi) is 4.72. The Hall–Kier alpha value is -1.91. The van der Waals surface area contributed by atoms with Crippen molar-refractivity contribution in [1.82, 2.24) is 9.80 Å². The molecule has 0 N–H and O–H groups in total. The molecule has 1 aromatic carbocycles. The highest BCUT2D eigenvalue weighted by Gasteiger charge is 2.42. The maximum absolute atomic E-state index is 13.3. The summed E-state index contributed by atoms with van der Waals surface area (Å²) in [6, 6.07) is 6.29. The van der Waals surface area contributed by atoms with Crippen molar-refractivity contribution in [3.63, 3.8) is 0 Å². The maximum atomic E-state index is 13.3. The molecular weight excluding hydrogens is 331 g/mol. The second kappa shape index (κ2) is 7.01. The molecule has 3 aliphatic rings. The zero-order valence-electron chi connectivity index (χ0n) is 15.3. The summed E-state index contributed by atoms with van der Waals surface area (Å²) in [6.07, 6.45) is 6.34. The van der Waals surface area contributed by atoms with Gasteiger partial charge >= 0.3 is 0 Å². The number of halogens is 1. The Balaban J connectivity index is 1.32. The van der Waals surface area contributed by atoms with Gasteiger partial charge in [0.1, 0.15) is 5.82 Å². The highest BCUT2D eigenvalue weighted by atomic mass is 19.1. The molecule has 2 amide bonds. The average Bonchev–Trinajstić information content (AvgIpc) is 3.43. The van der Waals surface area contributed by atoms with E-state index < -0.39 is 0 Å². The van der Waals surface area contributed by atoms with Crippen molar-refractivity contribution in [1.29, 1.82) is 0 Å². The van der Waals surface area contributed by atoms with Gasteiger partial charge in [-0.15, -0.1) is 0 Å². The Bertz CT molecular complexity index is 693. The van der Waals surface area contributed by atoms with Crippen molar-refractivity contribution >= 4 is 11.8 Å². The summed E-state index contributed by atoms with van der Waals surface area (Å²) >= 11 is 0. The lowest BCUT2D eigenvalue weighted by Crippen LogP contribution is -2.52. The van der Waals surface area contributed by atoms with Crippen molar-refractivity contribution < 1.29 is 14.0 Å². The van der Waals surface area contributed by atoms with Crippen LogP contribution in [0.5, 0.6) is 0 Å². The van der Waals surface area contributed by atoms with Crippen LogP contribution in [0.3, 0.4) is 0 Å². The molecule has 0 radical (unpaired) electrons. The number of carbonyl (C=O) groups is 2. The highest BCUT2D eigenvalue weighted by molar-refractivity contribution is 5.79. The smallest absolute Gasteiger partial charge is 0.226 e. The van der Waals surface area contributed by atoms with E-state index in [4.69, 9.17) is 0 Å². The summed E-state index contributed by atoms with van der Waals surface area (Å²) in [4.78, 5) is 28.8. The van der Waals surface area contributed by atoms with Crippen LogP contribution in [-0.4, -0.2) is 47.8 Å². The number of likely N-dealkylation sites (tertiary alicyclic amines) is 2. The molecule has 1 aliphatic carbocycles. The summed E-state index contributed by atoms with van der Waals surface area (Å²) < 4.78 is 13.3. The van der Waals surface area contributed by atoms with Crippen molar-refractivity contribution in [3.05, 3.63) is 35.6 Å². The molecule has 5 heteroatoms. The molecule has 1 aromatic rings. The molecule has 2 heterocycles. The third-order valence-corrected chi connectivity index (χ3v) is 6.34. The van der Waals surface area contributed by atoms with Gasteiger partial charge in [0.25, 0.3) is 0 Å². The topological polar surface area (TPSA) is 40.6 Å². The summed E-state index contributed by atoms with van der Waals surface area (Å²) in [5, 5.41) is 0. The van der Waals surface area contributed by atoms with Gasteiger partial charge in [-0.2, -0.15) is 0 Å². The van der Waals surface area contributed by atoms with E-state index in [1.54, 1.807) is 12.1 Å². The lowest BCUT2D eigenvalue weighted by molar-refractivity contribution is -0.142. The van der Waals surface area contributed by atoms with E-state index in [1.807, 2.05) is 4.90 Å². The minimum absolute atomic E-state index is 0.0761. The van der Waals surface area contributed by atoms with Gasteiger partial charge in [0, 0.05) is 32.6 Å². The number of nitrogens with zero attached hydrogens (tertiary/aromatic N) is 2. The first-order chi connectivity index (χ1) is 12.5. The van der Waals surface area contributed by atoms with Crippen molar-refractivity contribution in [2.75, 3.05) is 26.2 Å². The largest absolute Gasteiger partial charge is 0.342 e. The van der Waals surface area contributed by atoms with Gasteiger partial charge < -0.3 is 9.80 Å². The van der Waals surface area contributed by atoms with Crippen LogP contribution >= 0.6 is 0 Å². The predicted octanol–water partition coefficient (Wildman–Crippen LogP) is 3.01. The first-order valence-corrected chi connectivity index (χ1v) is 9.83. The standard InChI is InChI=1S/C21H27FN2O2/c22-18-3-1-2-17(12-18)13-20(26)23-10-8-21(9-11-23)7-6-19(25)24(15-21)14-16-4-5-16/h1-3,12,16H,4-11,13-15H2. The lowest BCUT2D eigenvalue weighted by Gasteiger charge is -2.47. The molecule has 26 heavy (non-hydrogen) atoms. The quantitative estimate of drug-likeness (QED) is 0.830. The third kappa shape index (κ3) is 3.92. The predicted molar refractivity (Wildman–Crippen MR) is 96.9 cm³/mol. The Morgan fingerprint density at radius 1 is 1.19 bits per heavy atom. The summed E-state index contributed by atoms with van der Waals surface area (Å²) in [6.45, 7) is 3.30. The van der Waals surface area contributed by atoms with Crippen molar-refractivity contribution in [2.24, 2.45) is 11.3 Å². The minimum Gasteiger partial charge on any atom is -0.342 e. The van der Waals surface area contributed by atoms with E-state index in [0.717, 1.165) is 56.9 Å². The molecule has 4 nitrogen and oxygen atoms in total. The molecule has 1 saturated carbocycles. The number of rotatable bonds is 4. The fourth-order valence-corrected chi connectivity index (χ4v) is 4.45. The van der Waals surface area contributed by atoms with E-state index >= 15 is 0 Å². The zero-order valence-corrected chi connectivity index (χ0v) is 15.3. The second-order valence-electron chi connectivity index (χ2n) is 8.41. The van der Waals surface area contributed by atoms with Crippen LogP contribution in [0.15, 0.2) is 24.3 Å². The molecule has 0 atom stereocenters. The normalized spacial score (nSPS) is 22.7. The van der Waals surface area contributed by atoms with E-state index in [2.05, 4.69) is 4.90 Å². The Labute approximate surface area is 154 Å². The summed E-state index contributed by atoms with van der Waals surface area (Å²) in [5.41, 5.74) is 0.924. The zero-order chi connectivity index (χ0) is 18.1. The molecule has 3 fully saturated rings. The van der Waals surface area contributed by atoms with Crippen LogP contribution in [0.25, 0.3) is 0 Å². The van der Waals surface area contributed by atoms with E-state index in [1.165, 1.54) is 25.0 Å². The van der Waals surface area contributed by atoms with Gasteiger partial charge in [0.2, 0.25) is 11.8 Å². The molecule has 140 valence electrons. The molecule has 2 aliphatic heterocycles. The van der Waals surface area contributed by atoms with E-state index in [9.17, 15) is 14.0 Å². The summed E-state index contributed by atoms with van der Waals surface area (Å²) in [7, 11) is 0. The Morgan fingerprint density at radius 3 is 2.65 bits per heavy atom. The Morgan fingerprint density at radius 2 is 1.96 bits per heavy atom. The average molecular weight is 358 g/mol. The van der Waals surface area contributed by atoms with Crippen molar-refractivity contribution in [2.45, 2.75) is 44.9 Å². The van der Waals surface area contributed by atoms with Gasteiger partial charge in [-0.1, -0.05) is 12.1 Å².